The Morgan fingerprint density at radius 2 is 2.03 bits per heavy atom. The molecule has 2 aromatic rings. The number of nitrogens with zero attached hydrogens (tertiary/aromatic N) is 2. The molecule has 1 saturated heterocycles. The molecule has 29 heavy (non-hydrogen) atoms. The molecule has 8 heteroatoms. The summed E-state index contributed by atoms with van der Waals surface area (Å²) in [5.74, 6) is 2.14. The highest BCUT2D eigenvalue weighted by Crippen LogP contribution is 2.43. The Labute approximate surface area is 168 Å². The molecule has 1 unspecified atom stereocenters. The van der Waals surface area contributed by atoms with E-state index in [1.807, 2.05) is 42.2 Å². The van der Waals surface area contributed by atoms with Gasteiger partial charge in [0.25, 0.3) is 5.91 Å². The molecule has 8 nitrogen and oxygen atoms in total. The highest BCUT2D eigenvalue weighted by Gasteiger charge is 2.36. The Balaban J connectivity index is 1.61. The number of amides is 1. The fraction of sp³-hybridized carbons (Fsp3) is 0.333. The van der Waals surface area contributed by atoms with Gasteiger partial charge in [0.1, 0.15) is 24.1 Å². The van der Waals surface area contributed by atoms with Crippen molar-refractivity contribution in [1.29, 1.82) is 0 Å². The highest BCUT2D eigenvalue weighted by atomic mass is 16.5. The zero-order chi connectivity index (χ0) is 20.0. The van der Waals surface area contributed by atoms with Crippen molar-refractivity contribution in [2.75, 3.05) is 37.0 Å². The number of rotatable bonds is 4. The maximum Gasteiger partial charge on any atom is 0.262 e. The van der Waals surface area contributed by atoms with Gasteiger partial charge < -0.3 is 25.0 Å². The van der Waals surface area contributed by atoms with Gasteiger partial charge in [-0.15, -0.1) is 0 Å². The molecule has 150 valence electrons. The second kappa shape index (κ2) is 6.97. The fourth-order valence-corrected chi connectivity index (χ4v) is 3.81. The van der Waals surface area contributed by atoms with Crippen LogP contribution in [0.5, 0.6) is 11.5 Å². The minimum atomic E-state index is -0.352. The summed E-state index contributed by atoms with van der Waals surface area (Å²) in [6.07, 6.45) is 0. The first-order valence-electron chi connectivity index (χ1n) is 9.72. The number of fused-ring (bicyclic) bond motifs is 3. The molecule has 0 aliphatic carbocycles. The average Bonchev–Trinajstić information content (AvgIpc) is 2.72. The van der Waals surface area contributed by atoms with Gasteiger partial charge in [0.05, 0.1) is 18.8 Å². The predicted octanol–water partition coefficient (Wildman–Crippen LogP) is 1.78. The largest absolute Gasteiger partial charge is 0.497 e. The molecular weight excluding hydrogens is 370 g/mol. The van der Waals surface area contributed by atoms with Gasteiger partial charge in [-0.3, -0.25) is 4.79 Å². The van der Waals surface area contributed by atoms with E-state index in [2.05, 4.69) is 27.2 Å². The van der Waals surface area contributed by atoms with Gasteiger partial charge in [0, 0.05) is 24.3 Å². The number of hydrogen-bond donors (Lipinski definition) is 3. The minimum Gasteiger partial charge on any atom is -0.497 e. The van der Waals surface area contributed by atoms with Crippen LogP contribution in [0.25, 0.3) is 11.1 Å². The van der Waals surface area contributed by atoms with Gasteiger partial charge in [-0.2, -0.15) is 5.10 Å². The van der Waals surface area contributed by atoms with E-state index in [0.717, 1.165) is 47.1 Å². The number of ether oxygens (including phenoxy) is 2. The number of carbonyl (C=O) groups is 1. The predicted molar refractivity (Wildman–Crippen MR) is 112 cm³/mol. The van der Waals surface area contributed by atoms with Gasteiger partial charge in [-0.1, -0.05) is 12.1 Å². The molecule has 3 aliphatic heterocycles. The number of hydrazone groups is 1. The van der Waals surface area contributed by atoms with Crippen molar-refractivity contribution in [3.8, 4) is 22.6 Å². The number of benzene rings is 2. The monoisotopic (exact) mass is 393 g/mol. The molecule has 3 aliphatic rings. The summed E-state index contributed by atoms with van der Waals surface area (Å²) in [6, 6.07) is 12.1. The van der Waals surface area contributed by atoms with E-state index in [1.165, 1.54) is 0 Å². The molecule has 0 spiro atoms. The molecule has 1 amide bonds. The first-order valence-corrected chi connectivity index (χ1v) is 9.72. The van der Waals surface area contributed by atoms with Crippen molar-refractivity contribution >= 4 is 23.1 Å². The van der Waals surface area contributed by atoms with Crippen LogP contribution in [-0.4, -0.2) is 50.6 Å². The van der Waals surface area contributed by atoms with Crippen LogP contribution in [0.4, 0.5) is 11.4 Å². The molecule has 2 aromatic carbocycles. The van der Waals surface area contributed by atoms with Gasteiger partial charge >= 0.3 is 0 Å². The van der Waals surface area contributed by atoms with E-state index in [1.54, 1.807) is 7.11 Å². The third-order valence-electron chi connectivity index (χ3n) is 5.60. The normalized spacial score (nSPS) is 20.5. The Hall–Kier alpha value is -3.26. The quantitative estimate of drug-likeness (QED) is 0.734. The lowest BCUT2D eigenvalue weighted by atomic mass is 9.99. The lowest BCUT2D eigenvalue weighted by Crippen LogP contribution is -2.55. The summed E-state index contributed by atoms with van der Waals surface area (Å²) in [6.45, 7) is 4.04. The number of amidine groups is 1. The van der Waals surface area contributed by atoms with Crippen molar-refractivity contribution in [3.63, 3.8) is 0 Å². The number of carbonyl (C=O) groups excluding carboxylic acids is 1. The van der Waals surface area contributed by atoms with Crippen LogP contribution in [0.1, 0.15) is 6.92 Å². The number of hydrogen-bond acceptors (Lipinski definition) is 7. The van der Waals surface area contributed by atoms with Gasteiger partial charge in [-0.05, 0) is 36.8 Å². The second-order valence-corrected chi connectivity index (χ2v) is 7.43. The molecular formula is C21H23N5O3. The van der Waals surface area contributed by atoms with Crippen LogP contribution < -0.4 is 30.4 Å². The Kier molecular flexibility index (Phi) is 4.28. The van der Waals surface area contributed by atoms with E-state index >= 15 is 0 Å². The van der Waals surface area contributed by atoms with E-state index in [9.17, 15) is 4.79 Å². The van der Waals surface area contributed by atoms with Crippen molar-refractivity contribution in [2.24, 2.45) is 5.10 Å². The van der Waals surface area contributed by atoms with Crippen LogP contribution in [0.15, 0.2) is 41.5 Å². The zero-order valence-corrected chi connectivity index (χ0v) is 16.4. The van der Waals surface area contributed by atoms with Gasteiger partial charge in [-0.25, -0.2) is 5.43 Å². The van der Waals surface area contributed by atoms with Crippen molar-refractivity contribution in [3.05, 3.63) is 36.4 Å². The third kappa shape index (κ3) is 3.05. The number of nitrogens with one attached hydrogen (secondary N) is 3. The lowest BCUT2D eigenvalue weighted by Gasteiger charge is -2.39. The first kappa shape index (κ1) is 17.8. The van der Waals surface area contributed by atoms with Crippen LogP contribution in [0.2, 0.25) is 0 Å². The maximum atomic E-state index is 12.2. The topological polar surface area (TPSA) is 87.2 Å². The summed E-state index contributed by atoms with van der Waals surface area (Å²) in [5.41, 5.74) is 6.54. The van der Waals surface area contributed by atoms with Gasteiger partial charge in [0.15, 0.2) is 5.84 Å². The van der Waals surface area contributed by atoms with E-state index < -0.39 is 0 Å². The number of anilines is 2. The van der Waals surface area contributed by atoms with Gasteiger partial charge in [0.2, 0.25) is 0 Å². The zero-order valence-electron chi connectivity index (χ0n) is 16.4. The van der Waals surface area contributed by atoms with Crippen LogP contribution in [0.3, 0.4) is 0 Å². The SMILES string of the molecule is COc1ccc(-c2cc3c(cc2NC2CNC2)N2C(=NNC(=O)C2C)CO3)cc1. The molecule has 0 bridgehead atoms. The highest BCUT2D eigenvalue weighted by molar-refractivity contribution is 6.10. The average molecular weight is 393 g/mol. The van der Waals surface area contributed by atoms with Crippen LogP contribution >= 0.6 is 0 Å². The number of methoxy groups -OCH3 is 1. The van der Waals surface area contributed by atoms with E-state index in [0.29, 0.717) is 18.5 Å². The third-order valence-corrected chi connectivity index (χ3v) is 5.60. The summed E-state index contributed by atoms with van der Waals surface area (Å²) in [5, 5.41) is 11.1. The summed E-state index contributed by atoms with van der Waals surface area (Å²) in [7, 11) is 1.66. The van der Waals surface area contributed by atoms with Crippen molar-refractivity contribution in [2.45, 2.75) is 19.0 Å². The molecule has 0 radical (unpaired) electrons. The van der Waals surface area contributed by atoms with E-state index in [4.69, 9.17) is 9.47 Å². The first-order chi connectivity index (χ1) is 14.1. The Morgan fingerprint density at radius 3 is 2.72 bits per heavy atom. The Morgan fingerprint density at radius 1 is 1.24 bits per heavy atom. The molecule has 1 atom stereocenters. The van der Waals surface area contributed by atoms with Crippen LogP contribution in [0, 0.1) is 0 Å². The standard InChI is InChI=1S/C21H23N5O3/c1-12-21(27)25-24-20-11-29-19-7-16(13-3-5-15(28-2)6-4-13)17(8-18(19)26(12)20)23-14-9-22-10-14/h3-8,12,14,22-23H,9-11H2,1-2H3,(H,25,27). The van der Waals surface area contributed by atoms with Crippen molar-refractivity contribution in [1.82, 2.24) is 10.7 Å². The van der Waals surface area contributed by atoms with Crippen molar-refractivity contribution < 1.29 is 14.3 Å². The second-order valence-electron chi connectivity index (χ2n) is 7.43. The lowest BCUT2D eigenvalue weighted by molar-refractivity contribution is -0.122. The van der Waals surface area contributed by atoms with Crippen LogP contribution in [-0.2, 0) is 4.79 Å². The minimum absolute atomic E-state index is 0.126. The smallest absolute Gasteiger partial charge is 0.262 e. The maximum absolute atomic E-state index is 12.2. The summed E-state index contributed by atoms with van der Waals surface area (Å²) >= 11 is 0. The molecule has 1 fully saturated rings. The molecule has 3 heterocycles. The molecule has 0 saturated carbocycles. The fourth-order valence-electron chi connectivity index (χ4n) is 3.81. The molecule has 5 rings (SSSR count). The molecule has 3 N–H and O–H groups in total. The summed E-state index contributed by atoms with van der Waals surface area (Å²) in [4.78, 5) is 14.1. The van der Waals surface area contributed by atoms with E-state index in [-0.39, 0.29) is 11.9 Å². The summed E-state index contributed by atoms with van der Waals surface area (Å²) < 4.78 is 11.3. The molecule has 0 aromatic heterocycles. The Bertz CT molecular complexity index is 985.